The van der Waals surface area contributed by atoms with Crippen LogP contribution in [0.15, 0.2) is 104 Å². The van der Waals surface area contributed by atoms with Crippen LogP contribution in [0.25, 0.3) is 0 Å². The van der Waals surface area contributed by atoms with E-state index in [9.17, 15) is 33.9 Å². The average Bonchev–Trinajstić information content (AvgIpc) is 3.31. The highest BCUT2D eigenvalue weighted by Gasteiger charge is 2.25. The molecule has 0 aliphatic rings. The zero-order valence-electron chi connectivity index (χ0n) is 40.6. The molecule has 0 radical (unpaired) electrons. The molecule has 22 heteroatoms. The first-order valence-corrected chi connectivity index (χ1v) is 22.8. The number of methoxy groups -OCH3 is 3. The van der Waals surface area contributed by atoms with Gasteiger partial charge in [-0.3, -0.25) is 9.13 Å². The van der Waals surface area contributed by atoms with E-state index >= 15 is 0 Å². The minimum atomic E-state index is -1.39. The van der Waals surface area contributed by atoms with Crippen molar-refractivity contribution in [1.29, 1.82) is 0 Å². The van der Waals surface area contributed by atoms with Gasteiger partial charge < -0.3 is 39.4 Å². The molecule has 0 aliphatic carbocycles. The number of hydrogen-bond acceptors (Lipinski definition) is 15. The number of rotatable bonds is 20. The Morgan fingerprint density at radius 3 is 1.30 bits per heavy atom. The first-order valence-electron chi connectivity index (χ1n) is 22.1. The minimum absolute atomic E-state index is 0.00687. The van der Waals surface area contributed by atoms with E-state index in [1.165, 1.54) is 30.5 Å². The molecule has 0 unspecified atom stereocenters. The number of nitrogens with zero attached hydrogens (tertiary/aromatic N) is 6. The first-order chi connectivity index (χ1) is 33.7. The fourth-order valence-electron chi connectivity index (χ4n) is 6.84. The standard InChI is InChI=1S/C25H29ClN4O6.C24H27ClN4O6/c1-15(2)36-20-11-10-19(12-16(20)3)27-23-28-24(32)30(14-21(34-4)22(31)35-5)25(33)29(23)13-17-6-8-18(26)9-7-17;1-14(2)35-19-10-9-18(11-15(19)3)26-22-27-23(32)29(13-20(34-4)21(30)31)24(33)28(22)12-16-5-7-17(25)8-6-16/h6-12,15,21H,13-14H2,1-5H3,(H,27,28,32);5-11,14,20H,12-13H2,1-4H3,(H,30,31)(H,26,27,32)/t21-;20-/m00/s1. The molecule has 0 bridgehead atoms. The number of anilines is 4. The van der Waals surface area contributed by atoms with Gasteiger partial charge >= 0.3 is 34.7 Å². The molecule has 0 saturated carbocycles. The van der Waals surface area contributed by atoms with Gasteiger partial charge in [0.05, 0.1) is 45.5 Å². The van der Waals surface area contributed by atoms with E-state index in [2.05, 4.69) is 20.6 Å². The highest BCUT2D eigenvalue weighted by molar-refractivity contribution is 6.30. The summed E-state index contributed by atoms with van der Waals surface area (Å²) in [5.41, 5.74) is 1.27. The summed E-state index contributed by atoms with van der Waals surface area (Å²) >= 11 is 12.0. The van der Waals surface area contributed by atoms with Gasteiger partial charge in [0.25, 0.3) is 0 Å². The normalized spacial score (nSPS) is 11.9. The lowest BCUT2D eigenvalue weighted by molar-refractivity contribution is -0.153. The molecule has 4 aromatic carbocycles. The highest BCUT2D eigenvalue weighted by atomic mass is 35.5. The van der Waals surface area contributed by atoms with Gasteiger partial charge in [-0.15, -0.1) is 0 Å². The maximum absolute atomic E-state index is 13.5. The molecule has 0 aliphatic heterocycles. The number of carboxylic acid groups (broad SMARTS) is 1. The van der Waals surface area contributed by atoms with Gasteiger partial charge in [0.2, 0.25) is 11.9 Å². The summed E-state index contributed by atoms with van der Waals surface area (Å²) in [4.78, 5) is 83.9. The summed E-state index contributed by atoms with van der Waals surface area (Å²) in [6, 6.07) is 24.5. The maximum atomic E-state index is 13.5. The molecular formula is C49H56Cl2N8O12. The van der Waals surface area contributed by atoms with Crippen LogP contribution in [0.1, 0.15) is 49.9 Å². The molecule has 0 fully saturated rings. The molecule has 2 atom stereocenters. The van der Waals surface area contributed by atoms with Crippen molar-refractivity contribution in [2.24, 2.45) is 0 Å². The summed E-state index contributed by atoms with van der Waals surface area (Å²) in [7, 11) is 3.67. The summed E-state index contributed by atoms with van der Waals surface area (Å²) in [6.45, 7) is 10.8. The van der Waals surface area contributed by atoms with Crippen molar-refractivity contribution in [2.75, 3.05) is 32.0 Å². The average molecular weight is 1020 g/mol. The van der Waals surface area contributed by atoms with E-state index in [4.69, 9.17) is 46.9 Å². The van der Waals surface area contributed by atoms with Crippen LogP contribution in [0.4, 0.5) is 23.3 Å². The molecule has 20 nitrogen and oxygen atoms in total. The molecular weight excluding hydrogens is 963 g/mol. The zero-order chi connectivity index (χ0) is 52.1. The number of aryl methyl sites for hydroxylation is 2. The number of nitrogens with one attached hydrogen (secondary N) is 2. The van der Waals surface area contributed by atoms with Crippen molar-refractivity contribution in [3.8, 4) is 11.5 Å². The van der Waals surface area contributed by atoms with Crippen LogP contribution in [-0.2, 0) is 50.0 Å². The Balaban J connectivity index is 0.000000264. The van der Waals surface area contributed by atoms with Crippen molar-refractivity contribution in [3.05, 3.63) is 159 Å². The van der Waals surface area contributed by atoms with Crippen molar-refractivity contribution in [3.63, 3.8) is 0 Å². The summed E-state index contributed by atoms with van der Waals surface area (Å²) in [5, 5.41) is 16.5. The highest BCUT2D eigenvalue weighted by Crippen LogP contribution is 2.26. The van der Waals surface area contributed by atoms with E-state index in [1.54, 1.807) is 72.8 Å². The summed E-state index contributed by atoms with van der Waals surface area (Å²) < 4.78 is 30.4. The number of benzene rings is 4. The van der Waals surface area contributed by atoms with Gasteiger partial charge in [0.15, 0.2) is 12.2 Å². The molecule has 0 spiro atoms. The second-order valence-electron chi connectivity index (χ2n) is 16.5. The molecule has 6 rings (SSSR count). The monoisotopic (exact) mass is 1020 g/mol. The van der Waals surface area contributed by atoms with E-state index < -0.39 is 53.5 Å². The maximum Gasteiger partial charge on any atom is 0.355 e. The molecule has 6 aromatic rings. The number of carboxylic acids is 1. The Morgan fingerprint density at radius 1 is 0.592 bits per heavy atom. The van der Waals surface area contributed by atoms with Crippen LogP contribution in [-0.4, -0.2) is 91.0 Å². The Kier molecular flexibility index (Phi) is 19.3. The Hall–Kier alpha value is -7.26. The van der Waals surface area contributed by atoms with Crippen molar-refractivity contribution in [1.82, 2.24) is 28.2 Å². The number of aromatic nitrogens is 6. The lowest BCUT2D eigenvalue weighted by atomic mass is 10.2. The van der Waals surface area contributed by atoms with Crippen molar-refractivity contribution >= 4 is 58.4 Å². The van der Waals surface area contributed by atoms with E-state index in [-0.39, 0.29) is 43.7 Å². The second-order valence-corrected chi connectivity index (χ2v) is 17.4. The minimum Gasteiger partial charge on any atom is -0.491 e. The molecule has 378 valence electrons. The van der Waals surface area contributed by atoms with Gasteiger partial charge in [-0.05, 0) is 124 Å². The third kappa shape index (κ3) is 14.9. The molecule has 3 N–H and O–H groups in total. The predicted octanol–water partition coefficient (Wildman–Crippen LogP) is 6.18. The molecule has 2 aromatic heterocycles. The quantitative estimate of drug-likeness (QED) is 0.0724. The van der Waals surface area contributed by atoms with E-state index in [0.29, 0.717) is 27.2 Å². The Morgan fingerprint density at radius 2 is 0.972 bits per heavy atom. The smallest absolute Gasteiger partial charge is 0.355 e. The van der Waals surface area contributed by atoms with Gasteiger partial charge in [0.1, 0.15) is 11.5 Å². The number of halogens is 2. The number of esters is 1. The van der Waals surface area contributed by atoms with Gasteiger partial charge in [-0.1, -0.05) is 47.5 Å². The lowest BCUT2D eigenvalue weighted by Gasteiger charge is -2.18. The van der Waals surface area contributed by atoms with Crippen molar-refractivity contribution in [2.45, 2.75) is 92.1 Å². The topological polar surface area (TPSA) is 238 Å². The third-order valence-electron chi connectivity index (χ3n) is 10.4. The van der Waals surface area contributed by atoms with E-state index in [0.717, 1.165) is 37.1 Å². The molecule has 2 heterocycles. The molecule has 0 saturated heterocycles. The number of carbonyl (C=O) groups is 2. The zero-order valence-corrected chi connectivity index (χ0v) is 42.1. The Bertz CT molecular complexity index is 3060. The Labute approximate surface area is 418 Å². The lowest BCUT2D eigenvalue weighted by Crippen LogP contribution is -2.46. The second kappa shape index (κ2) is 25.0. The molecule has 0 amide bonds. The number of carbonyl (C=O) groups excluding carboxylic acids is 1. The fourth-order valence-corrected chi connectivity index (χ4v) is 7.09. The molecule has 71 heavy (non-hydrogen) atoms. The SMILES string of the molecule is COC(=O)[C@H](Cn1c(=O)nc(Nc2ccc(OC(C)C)c(C)c2)n(Cc2ccc(Cl)cc2)c1=O)OC.CO[C@@H](Cn1c(=O)nc(Nc2ccc(OC(C)C)c(C)c2)n(Cc2ccc(Cl)cc2)c1=O)C(=O)O. The largest absolute Gasteiger partial charge is 0.491 e. The van der Waals surface area contributed by atoms with Gasteiger partial charge in [-0.25, -0.2) is 37.9 Å². The number of aliphatic carboxylic acids is 1. The van der Waals surface area contributed by atoms with Gasteiger partial charge in [0, 0.05) is 35.6 Å². The van der Waals surface area contributed by atoms with Crippen LogP contribution >= 0.6 is 23.2 Å². The fraction of sp³-hybridized carbons (Fsp3) is 0.347. The summed E-state index contributed by atoms with van der Waals surface area (Å²) in [6.07, 6.45) is -2.52. The van der Waals surface area contributed by atoms with Gasteiger partial charge in [-0.2, -0.15) is 9.97 Å². The van der Waals surface area contributed by atoms with Crippen LogP contribution in [0.5, 0.6) is 11.5 Å². The first kappa shape index (κ1) is 54.7. The third-order valence-corrected chi connectivity index (χ3v) is 10.9. The van der Waals surface area contributed by atoms with Crippen LogP contribution < -0.4 is 42.9 Å². The number of hydrogen-bond donors (Lipinski definition) is 3. The summed E-state index contributed by atoms with van der Waals surface area (Å²) in [5.74, 6) is -0.524. The van der Waals surface area contributed by atoms with Crippen LogP contribution in [0, 0.1) is 13.8 Å². The van der Waals surface area contributed by atoms with Crippen molar-refractivity contribution < 1.29 is 38.4 Å². The van der Waals surface area contributed by atoms with E-state index in [1.807, 2.05) is 53.7 Å². The predicted molar refractivity (Wildman–Crippen MR) is 268 cm³/mol. The van der Waals surface area contributed by atoms with Crippen LogP contribution in [0.3, 0.4) is 0 Å². The number of ether oxygens (including phenoxy) is 5. The van der Waals surface area contributed by atoms with Crippen LogP contribution in [0.2, 0.25) is 10.0 Å².